The first-order chi connectivity index (χ1) is 7.68. The Morgan fingerprint density at radius 1 is 1.06 bits per heavy atom. The van der Waals surface area contributed by atoms with Crippen molar-refractivity contribution >= 4 is 5.97 Å². The van der Waals surface area contributed by atoms with Crippen LogP contribution in [0.3, 0.4) is 0 Å². The maximum absolute atomic E-state index is 10.9. The molecular weight excluding hydrogens is 243 g/mol. The number of aromatic hydroxyl groups is 1. The normalized spacial score (nSPS) is 9.41. The van der Waals surface area contributed by atoms with Crippen LogP contribution in [-0.4, -0.2) is 11.1 Å². The van der Waals surface area contributed by atoms with Crippen molar-refractivity contribution in [3.63, 3.8) is 0 Å². The van der Waals surface area contributed by atoms with Gasteiger partial charge in [-0.25, -0.2) is 0 Å². The van der Waals surface area contributed by atoms with Crippen molar-refractivity contribution in [3.05, 3.63) is 54.1 Å². The van der Waals surface area contributed by atoms with E-state index in [9.17, 15) is 15.0 Å². The van der Waals surface area contributed by atoms with Crippen molar-refractivity contribution < 1.29 is 66.4 Å². The SMILES string of the molecule is O=C([O-])c1ccc(O)cc1-c1ccccc1.[K+]. The van der Waals surface area contributed by atoms with Crippen molar-refractivity contribution in [2.24, 2.45) is 0 Å². The van der Waals surface area contributed by atoms with Gasteiger partial charge in [0.2, 0.25) is 0 Å². The molecule has 0 aliphatic carbocycles. The second-order valence-corrected chi connectivity index (χ2v) is 3.38. The van der Waals surface area contributed by atoms with Crippen LogP contribution in [0.1, 0.15) is 10.4 Å². The Bertz CT molecular complexity index is 523. The summed E-state index contributed by atoms with van der Waals surface area (Å²) in [7, 11) is 0. The number of benzene rings is 2. The fourth-order valence-corrected chi connectivity index (χ4v) is 1.57. The number of carboxylic acids is 1. The van der Waals surface area contributed by atoms with Crippen molar-refractivity contribution in [1.82, 2.24) is 0 Å². The largest absolute Gasteiger partial charge is 1.00 e. The molecule has 0 unspecified atom stereocenters. The summed E-state index contributed by atoms with van der Waals surface area (Å²) in [5, 5.41) is 20.3. The summed E-state index contributed by atoms with van der Waals surface area (Å²) in [6, 6.07) is 13.1. The fourth-order valence-electron chi connectivity index (χ4n) is 1.57. The average molecular weight is 252 g/mol. The van der Waals surface area contributed by atoms with Crippen molar-refractivity contribution in [3.8, 4) is 16.9 Å². The van der Waals surface area contributed by atoms with Gasteiger partial charge < -0.3 is 15.0 Å². The molecule has 0 amide bonds. The van der Waals surface area contributed by atoms with Crippen molar-refractivity contribution in [2.75, 3.05) is 0 Å². The van der Waals surface area contributed by atoms with Gasteiger partial charge >= 0.3 is 51.4 Å². The molecule has 0 spiro atoms. The maximum atomic E-state index is 10.9. The van der Waals surface area contributed by atoms with Crippen molar-refractivity contribution in [1.29, 1.82) is 0 Å². The Balaban J connectivity index is 0.00000144. The van der Waals surface area contributed by atoms with Crippen LogP contribution < -0.4 is 56.5 Å². The second-order valence-electron chi connectivity index (χ2n) is 3.38. The molecule has 3 nitrogen and oxygen atoms in total. The standard InChI is InChI=1S/C13H10O3.K/c14-10-6-7-11(13(15)16)12(8-10)9-4-2-1-3-5-9;/h1-8,14H,(H,15,16);/q;+1/p-1. The van der Waals surface area contributed by atoms with E-state index in [2.05, 4.69) is 0 Å². The molecule has 0 aliphatic heterocycles. The van der Waals surface area contributed by atoms with Gasteiger partial charge in [-0.2, -0.15) is 0 Å². The van der Waals surface area contributed by atoms with Crippen molar-refractivity contribution in [2.45, 2.75) is 0 Å². The van der Waals surface area contributed by atoms with Crippen LogP contribution in [-0.2, 0) is 0 Å². The van der Waals surface area contributed by atoms with E-state index < -0.39 is 5.97 Å². The summed E-state index contributed by atoms with van der Waals surface area (Å²) < 4.78 is 0. The third-order valence-corrected chi connectivity index (χ3v) is 2.31. The number of hydrogen-bond donors (Lipinski definition) is 1. The van der Waals surface area contributed by atoms with E-state index in [1.165, 1.54) is 18.2 Å². The first-order valence-corrected chi connectivity index (χ1v) is 4.78. The number of aromatic carboxylic acids is 1. The number of hydrogen-bond acceptors (Lipinski definition) is 3. The van der Waals surface area contributed by atoms with Crippen LogP contribution in [0.4, 0.5) is 0 Å². The number of carbonyl (C=O) groups excluding carboxylic acids is 1. The molecule has 17 heavy (non-hydrogen) atoms. The molecule has 0 saturated heterocycles. The van der Waals surface area contributed by atoms with Gasteiger partial charge in [0.1, 0.15) is 5.75 Å². The first kappa shape index (κ1) is 14.4. The van der Waals surface area contributed by atoms with E-state index >= 15 is 0 Å². The average Bonchev–Trinajstić information content (AvgIpc) is 2.29. The summed E-state index contributed by atoms with van der Waals surface area (Å²) in [6.07, 6.45) is 0. The molecular formula is C13H9KO3. The molecule has 1 N–H and O–H groups in total. The molecule has 2 aromatic carbocycles. The predicted molar refractivity (Wildman–Crippen MR) is 57.9 cm³/mol. The molecule has 0 aliphatic rings. The van der Waals surface area contributed by atoms with E-state index in [4.69, 9.17) is 0 Å². The Hall–Kier alpha value is -0.654. The van der Waals surface area contributed by atoms with E-state index in [0.29, 0.717) is 5.56 Å². The van der Waals surface area contributed by atoms with E-state index in [1.807, 2.05) is 6.07 Å². The number of carboxylic acid groups (broad SMARTS) is 1. The molecule has 0 aromatic heterocycles. The topological polar surface area (TPSA) is 60.4 Å². The van der Waals surface area contributed by atoms with Gasteiger partial charge in [0.05, 0.1) is 5.97 Å². The van der Waals surface area contributed by atoms with Crippen LogP contribution in [0, 0.1) is 0 Å². The summed E-state index contributed by atoms with van der Waals surface area (Å²) >= 11 is 0. The number of rotatable bonds is 2. The molecule has 0 heterocycles. The smallest absolute Gasteiger partial charge is 0.545 e. The minimum absolute atomic E-state index is 0. The zero-order valence-electron chi connectivity index (χ0n) is 9.38. The Morgan fingerprint density at radius 2 is 1.71 bits per heavy atom. The molecule has 2 rings (SSSR count). The molecule has 0 saturated carbocycles. The quantitative estimate of drug-likeness (QED) is 0.657. The number of phenolic OH excluding ortho intramolecular Hbond substituents is 1. The summed E-state index contributed by atoms with van der Waals surface area (Å²) in [4.78, 5) is 10.9. The molecule has 2 aromatic rings. The van der Waals surface area contributed by atoms with E-state index in [1.54, 1.807) is 24.3 Å². The zero-order valence-corrected chi connectivity index (χ0v) is 12.5. The predicted octanol–water partition coefficient (Wildman–Crippen LogP) is -1.57. The summed E-state index contributed by atoms with van der Waals surface area (Å²) in [5.74, 6) is -1.22. The molecule has 0 atom stereocenters. The van der Waals surface area contributed by atoms with E-state index in [-0.39, 0.29) is 62.7 Å². The minimum Gasteiger partial charge on any atom is -0.545 e. The van der Waals surface area contributed by atoms with Gasteiger partial charge in [-0.05, 0) is 29.3 Å². The number of carbonyl (C=O) groups is 1. The molecule has 0 bridgehead atoms. The molecule has 80 valence electrons. The van der Waals surface area contributed by atoms with Crippen LogP contribution in [0.25, 0.3) is 11.1 Å². The fraction of sp³-hybridized carbons (Fsp3) is 0. The monoisotopic (exact) mass is 252 g/mol. The zero-order chi connectivity index (χ0) is 11.5. The van der Waals surface area contributed by atoms with Gasteiger partial charge in [-0.1, -0.05) is 30.3 Å². The Kier molecular flexibility index (Phi) is 5.36. The van der Waals surface area contributed by atoms with Crippen LogP contribution in [0.15, 0.2) is 48.5 Å². The van der Waals surface area contributed by atoms with Crippen LogP contribution in [0.5, 0.6) is 5.75 Å². The van der Waals surface area contributed by atoms with Crippen LogP contribution >= 0.6 is 0 Å². The third-order valence-electron chi connectivity index (χ3n) is 2.31. The second kappa shape index (κ2) is 6.33. The Labute approximate surface area is 142 Å². The first-order valence-electron chi connectivity index (χ1n) is 4.78. The molecule has 4 heteroatoms. The summed E-state index contributed by atoms with van der Waals surface area (Å²) in [5.41, 5.74) is 1.27. The van der Waals surface area contributed by atoms with Gasteiger partial charge in [0.25, 0.3) is 0 Å². The summed E-state index contributed by atoms with van der Waals surface area (Å²) in [6.45, 7) is 0. The minimum atomic E-state index is -1.25. The Morgan fingerprint density at radius 3 is 2.29 bits per heavy atom. The van der Waals surface area contributed by atoms with Crippen LogP contribution in [0.2, 0.25) is 0 Å². The van der Waals surface area contributed by atoms with Gasteiger partial charge in [-0.15, -0.1) is 0 Å². The third kappa shape index (κ3) is 3.40. The van der Waals surface area contributed by atoms with Gasteiger partial charge in [-0.3, -0.25) is 0 Å². The molecule has 0 radical (unpaired) electrons. The molecule has 0 fully saturated rings. The van der Waals surface area contributed by atoms with Gasteiger partial charge in [0, 0.05) is 5.56 Å². The maximum Gasteiger partial charge on any atom is 1.00 e. The van der Waals surface area contributed by atoms with Gasteiger partial charge in [0.15, 0.2) is 0 Å². The number of phenols is 1. The van der Waals surface area contributed by atoms with E-state index in [0.717, 1.165) is 5.56 Å².